The second kappa shape index (κ2) is 37.9. The molecule has 4 rings (SSSR count). The molecule has 99 heavy (non-hydrogen) atoms. The van der Waals surface area contributed by atoms with Crippen molar-refractivity contribution < 1.29 is 66.6 Å². The first kappa shape index (κ1) is 84.1. The molecule has 2 aromatic carbocycles. The number of amides is 11. The minimum absolute atomic E-state index is 0.0298. The summed E-state index contributed by atoms with van der Waals surface area (Å²) in [5.74, 6) is -9.25. The fourth-order valence-corrected chi connectivity index (χ4v) is 13.9. The van der Waals surface area contributed by atoms with Gasteiger partial charge in [-0.3, -0.25) is 52.7 Å². The Balaban J connectivity index is 1.89. The molecule has 2 heterocycles. The Bertz CT molecular complexity index is 3130. The average molecular weight is 1410 g/mol. The second-order valence-corrected chi connectivity index (χ2v) is 30.8. The van der Waals surface area contributed by atoms with Crippen LogP contribution in [0.5, 0.6) is 5.75 Å². The molecule has 0 aromatic heterocycles. The molecule has 2 fully saturated rings. The van der Waals surface area contributed by atoms with Crippen LogP contribution in [0.25, 0.3) is 0 Å². The molecule has 2 aliphatic rings. The zero-order chi connectivity index (χ0) is 74.9. The summed E-state index contributed by atoms with van der Waals surface area (Å²) in [6.45, 7) is 28.0. The van der Waals surface area contributed by atoms with Gasteiger partial charge in [-0.05, 0) is 130 Å². The third-order valence-electron chi connectivity index (χ3n) is 18.5. The van der Waals surface area contributed by atoms with Crippen molar-refractivity contribution >= 4 is 76.7 Å². The van der Waals surface area contributed by atoms with Crippen molar-refractivity contribution in [1.82, 2.24) is 55.6 Å². The summed E-state index contributed by atoms with van der Waals surface area (Å²) < 4.78 is 26.9. The molecule has 2 aliphatic heterocycles. The van der Waals surface area contributed by atoms with Crippen LogP contribution in [0, 0.1) is 47.2 Å². The van der Waals surface area contributed by atoms with Crippen molar-refractivity contribution in [2.45, 2.75) is 233 Å². The Morgan fingerprint density at radius 2 is 1.03 bits per heavy atom. The van der Waals surface area contributed by atoms with E-state index in [0.717, 1.165) is 9.80 Å². The molecule has 13 atom stereocenters. The smallest absolute Gasteiger partial charge is 0.246 e. The first-order valence-electron chi connectivity index (χ1n) is 35.0. The standard InChI is InChI=1S/C73H116FN11O13S/c1-24-53-69(92)79(17)38-58(86)80(18)54(31-40(2)3)66(89)78-60(44(10)11)72(95)81(19)55(32-41(4)5)65(88)75-47(15)64(87)76-48(16)68(91)82(20)56(33-42(6)7)70(93)83(21)57(34-43(8)9)71(94)84(22)61(45(12)13)73(96)85(23)62(67(90)77-53)63-46(14)35-59(98-63)99-52-30-26-29-51(37-52)97-39-49-27-25-28-50(74)36-49/h25-30,36-37,40-48,53-57,59-63H,24,31-35,38-39H2,1-23H3,(H,75,88)(H,76,87)(H,77,90)(H,78,89)/t46-,47+,48-,53+,54+,55+,56+,57+,59+,60+,61+,62+,63-/m1/s1. The van der Waals surface area contributed by atoms with Gasteiger partial charge in [-0.25, -0.2) is 4.39 Å². The Labute approximate surface area is 592 Å². The fourth-order valence-electron chi connectivity index (χ4n) is 12.7. The SMILES string of the molecule is CC[C@@H]1NC(=O)[C@H]([C@@H]2O[C@@H](Sc3cccc(OCc4cccc(F)c4)c3)C[C@H]2C)N(C)C(=O)[C@H](C(C)C)N(C)C(=O)[C@H](CC(C)C)N(C)C(=O)[C@H](CC(C)C)N(C)C(=O)[C@@H](C)NC(=O)[C@H](C)NC(=O)[C@H](CC(C)C)N(C)C(=O)[C@H](C(C)C)NC(=O)[C@H](CC(C)C)N(C)C(=O)CN(C)C1=O. The molecular weight excluding hydrogens is 1290 g/mol. The predicted octanol–water partition coefficient (Wildman–Crippen LogP) is 6.57. The quantitative estimate of drug-likeness (QED) is 0.131. The topological polar surface area (TPSA) is 277 Å². The molecule has 26 heteroatoms. The maximum absolute atomic E-state index is 15.7. The van der Waals surface area contributed by atoms with Crippen LogP contribution in [0.4, 0.5) is 4.39 Å². The van der Waals surface area contributed by atoms with Gasteiger partial charge in [0.15, 0.2) is 0 Å². The molecular formula is C73H116FN11O13S. The first-order valence-corrected chi connectivity index (χ1v) is 35.9. The first-order chi connectivity index (χ1) is 46.1. The number of nitrogens with zero attached hydrogens (tertiary/aromatic N) is 7. The van der Waals surface area contributed by atoms with Crippen LogP contribution in [0.1, 0.15) is 155 Å². The highest BCUT2D eigenvalue weighted by molar-refractivity contribution is 7.99. The van der Waals surface area contributed by atoms with Gasteiger partial charge in [-0.15, -0.1) is 0 Å². The number of likely N-dealkylation sites (N-methyl/N-ethyl adjacent to an activating group) is 7. The summed E-state index contributed by atoms with van der Waals surface area (Å²) in [6.07, 6.45) is 0.0141. The highest BCUT2D eigenvalue weighted by Gasteiger charge is 2.49. The van der Waals surface area contributed by atoms with E-state index in [2.05, 4.69) is 21.3 Å². The summed E-state index contributed by atoms with van der Waals surface area (Å²) >= 11 is 1.37. The van der Waals surface area contributed by atoms with Crippen molar-refractivity contribution in [3.63, 3.8) is 0 Å². The van der Waals surface area contributed by atoms with Crippen molar-refractivity contribution in [3.05, 3.63) is 59.9 Å². The molecule has 4 N–H and O–H groups in total. The Kier molecular flexibility index (Phi) is 32.2. The Morgan fingerprint density at radius 1 is 0.525 bits per heavy atom. The number of nitrogens with one attached hydrogen (secondary N) is 4. The number of halogens is 1. The number of hydrogen-bond acceptors (Lipinski definition) is 14. The number of hydrogen-bond donors (Lipinski definition) is 4. The van der Waals surface area contributed by atoms with Crippen molar-refractivity contribution in [2.24, 2.45) is 41.4 Å². The van der Waals surface area contributed by atoms with Crippen LogP contribution in [0.15, 0.2) is 53.4 Å². The molecule has 2 saturated heterocycles. The zero-order valence-electron chi connectivity index (χ0n) is 63.0. The molecule has 0 radical (unpaired) electrons. The van der Waals surface area contributed by atoms with E-state index < -0.39 is 161 Å². The number of thioether (sulfide) groups is 1. The second-order valence-electron chi connectivity index (χ2n) is 29.6. The molecule has 24 nitrogen and oxygen atoms in total. The Hall–Kier alpha value is -7.35. The highest BCUT2D eigenvalue weighted by Crippen LogP contribution is 2.40. The molecule has 0 spiro atoms. The van der Waals surface area contributed by atoms with E-state index >= 15 is 19.2 Å². The highest BCUT2D eigenvalue weighted by atomic mass is 32.2. The molecule has 0 saturated carbocycles. The van der Waals surface area contributed by atoms with Gasteiger partial charge in [0.2, 0.25) is 65.0 Å². The Morgan fingerprint density at radius 3 is 1.57 bits per heavy atom. The molecule has 554 valence electrons. The predicted molar refractivity (Wildman–Crippen MR) is 379 cm³/mol. The summed E-state index contributed by atoms with van der Waals surface area (Å²) in [7, 11) is 10.1. The molecule has 0 aliphatic carbocycles. The third kappa shape index (κ3) is 23.1. The number of rotatable bonds is 17. The maximum atomic E-state index is 15.7. The summed E-state index contributed by atoms with van der Waals surface area (Å²) in [5.41, 5.74) is 0.0647. The van der Waals surface area contributed by atoms with E-state index in [1.165, 1.54) is 116 Å². The fraction of sp³-hybridized carbons (Fsp3) is 0.685. The van der Waals surface area contributed by atoms with Crippen LogP contribution in [0.3, 0.4) is 0 Å². The minimum Gasteiger partial charge on any atom is -0.489 e. The number of benzene rings is 2. The van der Waals surface area contributed by atoms with Gasteiger partial charge < -0.3 is 65.0 Å². The van der Waals surface area contributed by atoms with Gasteiger partial charge in [-0.1, -0.05) is 127 Å². The minimum atomic E-state index is -1.44. The zero-order valence-corrected chi connectivity index (χ0v) is 63.8. The van der Waals surface area contributed by atoms with Crippen molar-refractivity contribution in [1.29, 1.82) is 0 Å². The van der Waals surface area contributed by atoms with E-state index in [-0.39, 0.29) is 68.2 Å². The van der Waals surface area contributed by atoms with Gasteiger partial charge in [0, 0.05) is 54.2 Å². The van der Waals surface area contributed by atoms with Gasteiger partial charge in [0.05, 0.1) is 12.6 Å². The monoisotopic (exact) mass is 1410 g/mol. The average Bonchev–Trinajstić information content (AvgIpc) is 1.78. The van der Waals surface area contributed by atoms with Crippen LogP contribution in [-0.2, 0) is 64.1 Å². The van der Waals surface area contributed by atoms with E-state index in [4.69, 9.17) is 9.47 Å². The summed E-state index contributed by atoms with van der Waals surface area (Å²) in [4.78, 5) is 173. The lowest BCUT2D eigenvalue weighted by atomic mass is 9.93. The van der Waals surface area contributed by atoms with E-state index in [1.807, 2.05) is 80.5 Å². The van der Waals surface area contributed by atoms with Crippen LogP contribution < -0.4 is 26.0 Å². The van der Waals surface area contributed by atoms with Crippen molar-refractivity contribution in [2.75, 3.05) is 55.9 Å². The van der Waals surface area contributed by atoms with Crippen LogP contribution in [0.2, 0.25) is 0 Å². The van der Waals surface area contributed by atoms with E-state index in [1.54, 1.807) is 52.8 Å². The van der Waals surface area contributed by atoms with E-state index in [0.29, 0.717) is 17.7 Å². The lowest BCUT2D eigenvalue weighted by Gasteiger charge is -2.41. The van der Waals surface area contributed by atoms with Gasteiger partial charge in [0.25, 0.3) is 0 Å². The third-order valence-corrected chi connectivity index (χ3v) is 19.6. The molecule has 2 aromatic rings. The number of carbonyl (C=O) groups is 11. The van der Waals surface area contributed by atoms with Gasteiger partial charge >= 0.3 is 0 Å². The lowest BCUT2D eigenvalue weighted by molar-refractivity contribution is -0.157. The molecule has 11 amide bonds. The van der Waals surface area contributed by atoms with Crippen molar-refractivity contribution in [3.8, 4) is 5.75 Å². The van der Waals surface area contributed by atoms with Crippen LogP contribution in [-0.4, -0.2) is 227 Å². The maximum Gasteiger partial charge on any atom is 0.246 e. The van der Waals surface area contributed by atoms with Gasteiger partial charge in [-0.2, -0.15) is 0 Å². The molecule has 0 bridgehead atoms. The largest absolute Gasteiger partial charge is 0.489 e. The van der Waals surface area contributed by atoms with Gasteiger partial charge in [0.1, 0.15) is 84.0 Å². The molecule has 0 unspecified atom stereocenters. The summed E-state index contributed by atoms with van der Waals surface area (Å²) in [5, 5.41) is 11.2. The van der Waals surface area contributed by atoms with Crippen LogP contribution >= 0.6 is 11.8 Å². The lowest BCUT2D eigenvalue weighted by Crippen LogP contribution is -2.63. The van der Waals surface area contributed by atoms with E-state index in [9.17, 15) is 38.0 Å². The number of ether oxygens (including phenoxy) is 2. The number of carbonyl (C=O) groups excluding carboxylic acids is 11. The normalized spacial score (nSPS) is 27.0. The summed E-state index contributed by atoms with van der Waals surface area (Å²) in [6, 6.07) is 1.14.